The third-order valence-corrected chi connectivity index (χ3v) is 6.27. The van der Waals surface area contributed by atoms with Crippen molar-refractivity contribution >= 4 is 40.3 Å². The summed E-state index contributed by atoms with van der Waals surface area (Å²) in [4.78, 5) is 53.9. The van der Waals surface area contributed by atoms with E-state index in [2.05, 4.69) is 22.5 Å². The van der Waals surface area contributed by atoms with Gasteiger partial charge in [-0.15, -0.1) is 11.3 Å². The van der Waals surface area contributed by atoms with Crippen LogP contribution in [0.3, 0.4) is 0 Å². The molecular weight excluding hydrogens is 468 g/mol. The van der Waals surface area contributed by atoms with Gasteiger partial charge >= 0.3 is 12.0 Å². The summed E-state index contributed by atoms with van der Waals surface area (Å²) in [5.41, 5.74) is 3.87. The second-order valence-electron chi connectivity index (χ2n) is 7.96. The fourth-order valence-corrected chi connectivity index (χ4v) is 4.13. The summed E-state index contributed by atoms with van der Waals surface area (Å²) in [6.45, 7) is 3.67. The molecule has 4 rings (SSSR count). The largest absolute Gasteiger partial charge is 0.449 e. The number of hydrogen-bond acceptors (Lipinski definition) is 7. The normalized spacial score (nSPS) is 13.9. The Morgan fingerprint density at radius 1 is 1.11 bits per heavy atom. The van der Waals surface area contributed by atoms with Crippen LogP contribution in [0.2, 0.25) is 0 Å². The number of nitrogens with zero attached hydrogens (tertiary/aromatic N) is 2. The lowest BCUT2D eigenvalue weighted by molar-refractivity contribution is -0.125. The molecule has 2 N–H and O–H groups in total. The number of aryl methyl sites for hydroxylation is 1. The fourth-order valence-electron chi connectivity index (χ4n) is 3.41. The van der Waals surface area contributed by atoms with Crippen LogP contribution in [0.5, 0.6) is 0 Å². The molecular formula is C25H24N4O5S. The molecule has 0 radical (unpaired) electrons. The molecule has 4 amide bonds. The summed E-state index contributed by atoms with van der Waals surface area (Å²) < 4.78 is 5.29. The molecule has 0 bridgehead atoms. The van der Waals surface area contributed by atoms with Crippen molar-refractivity contribution in [2.24, 2.45) is 0 Å². The maximum Gasteiger partial charge on any atom is 0.338 e. The predicted octanol–water partition coefficient (Wildman–Crippen LogP) is 3.61. The van der Waals surface area contributed by atoms with E-state index in [0.29, 0.717) is 10.7 Å². The van der Waals surface area contributed by atoms with Gasteiger partial charge in [0.25, 0.3) is 5.91 Å². The van der Waals surface area contributed by atoms with Gasteiger partial charge in [0, 0.05) is 10.9 Å². The smallest absolute Gasteiger partial charge is 0.338 e. The Labute approximate surface area is 206 Å². The Hall–Kier alpha value is -4.05. The summed E-state index contributed by atoms with van der Waals surface area (Å²) in [5, 5.41) is 7.41. The highest BCUT2D eigenvalue weighted by atomic mass is 32.1. The van der Waals surface area contributed by atoms with E-state index in [1.165, 1.54) is 36.0 Å². The van der Waals surface area contributed by atoms with Crippen LogP contribution in [-0.4, -0.2) is 46.3 Å². The zero-order valence-electron chi connectivity index (χ0n) is 19.2. The second-order valence-corrected chi connectivity index (χ2v) is 8.82. The van der Waals surface area contributed by atoms with Crippen LogP contribution in [0.1, 0.15) is 35.3 Å². The van der Waals surface area contributed by atoms with Crippen molar-refractivity contribution in [3.63, 3.8) is 0 Å². The fraction of sp³-hybridized carbons (Fsp3) is 0.240. The number of benzene rings is 2. The molecule has 1 atom stereocenters. The zero-order valence-corrected chi connectivity index (χ0v) is 20.1. The molecule has 3 aromatic rings. The van der Waals surface area contributed by atoms with E-state index in [1.807, 2.05) is 29.6 Å². The monoisotopic (exact) mass is 492 g/mol. The Morgan fingerprint density at radius 2 is 1.80 bits per heavy atom. The van der Waals surface area contributed by atoms with Crippen molar-refractivity contribution < 1.29 is 23.9 Å². The van der Waals surface area contributed by atoms with Crippen molar-refractivity contribution in [3.05, 3.63) is 70.6 Å². The molecule has 180 valence electrons. The van der Waals surface area contributed by atoms with E-state index in [4.69, 9.17) is 4.74 Å². The lowest BCUT2D eigenvalue weighted by Gasteiger charge is -2.14. The number of aromatic nitrogens is 1. The topological polar surface area (TPSA) is 118 Å². The first-order valence-electron chi connectivity index (χ1n) is 11.1. The Balaban J connectivity index is 1.31. The minimum atomic E-state index is -1.04. The molecule has 9 nitrogen and oxygen atoms in total. The maximum absolute atomic E-state index is 12.5. The molecule has 2 aromatic carbocycles. The first-order valence-corrected chi connectivity index (χ1v) is 12.0. The molecule has 1 aliphatic rings. The number of rotatable bonds is 8. The van der Waals surface area contributed by atoms with Crippen LogP contribution in [0.4, 0.5) is 9.93 Å². The Bertz CT molecular complexity index is 1240. The zero-order chi connectivity index (χ0) is 24.9. The van der Waals surface area contributed by atoms with E-state index >= 15 is 0 Å². The SMILES string of the molecule is CCc1ccc(-c2csc(NC(=O)C(C)OC(=O)c3ccc(CN4C(=O)CNC4=O)cc3)n2)cc1. The van der Waals surface area contributed by atoms with Gasteiger partial charge in [-0.1, -0.05) is 43.3 Å². The average molecular weight is 493 g/mol. The van der Waals surface area contributed by atoms with Crippen molar-refractivity contribution in [3.8, 4) is 11.3 Å². The lowest BCUT2D eigenvalue weighted by Crippen LogP contribution is -2.30. The third kappa shape index (κ3) is 5.72. The second kappa shape index (κ2) is 10.5. The van der Waals surface area contributed by atoms with Crippen molar-refractivity contribution in [1.82, 2.24) is 15.2 Å². The minimum absolute atomic E-state index is 0.0163. The van der Waals surface area contributed by atoms with Gasteiger partial charge in [-0.25, -0.2) is 14.6 Å². The van der Waals surface area contributed by atoms with Gasteiger partial charge in [0.1, 0.15) is 0 Å². The number of carbonyl (C=O) groups excluding carboxylic acids is 4. The lowest BCUT2D eigenvalue weighted by atomic mass is 10.1. The van der Waals surface area contributed by atoms with Crippen molar-refractivity contribution in [2.45, 2.75) is 32.9 Å². The van der Waals surface area contributed by atoms with Crippen LogP contribution in [0.25, 0.3) is 11.3 Å². The highest BCUT2D eigenvalue weighted by Crippen LogP contribution is 2.25. The van der Waals surface area contributed by atoms with E-state index in [-0.39, 0.29) is 24.6 Å². The Kier molecular flexibility index (Phi) is 7.21. The van der Waals surface area contributed by atoms with Crippen LogP contribution in [0.15, 0.2) is 53.9 Å². The highest BCUT2D eigenvalue weighted by Gasteiger charge is 2.28. The number of anilines is 1. The molecule has 1 aliphatic heterocycles. The number of nitrogens with one attached hydrogen (secondary N) is 2. The van der Waals surface area contributed by atoms with Crippen LogP contribution < -0.4 is 10.6 Å². The van der Waals surface area contributed by atoms with E-state index in [1.54, 1.807) is 12.1 Å². The number of esters is 1. The number of urea groups is 1. The van der Waals surface area contributed by atoms with Crippen LogP contribution >= 0.6 is 11.3 Å². The van der Waals surface area contributed by atoms with Crippen molar-refractivity contribution in [2.75, 3.05) is 11.9 Å². The number of carbonyl (C=O) groups is 4. The molecule has 0 spiro atoms. The standard InChI is InChI=1S/C25H24N4O5S/c1-3-16-4-8-18(9-5-16)20-14-35-24(27-20)28-22(31)15(2)34-23(32)19-10-6-17(7-11-19)13-29-21(30)12-26-25(29)33/h4-11,14-15H,3,12-13H2,1-2H3,(H,26,33)(H,27,28,31). The van der Waals surface area contributed by atoms with Gasteiger partial charge in [0.05, 0.1) is 24.3 Å². The van der Waals surface area contributed by atoms with Crippen LogP contribution in [0, 0.1) is 0 Å². The number of thiazole rings is 1. The predicted molar refractivity (Wildman–Crippen MR) is 131 cm³/mol. The summed E-state index contributed by atoms with van der Waals surface area (Å²) in [6.07, 6.45) is -0.0816. The minimum Gasteiger partial charge on any atom is -0.449 e. The van der Waals surface area contributed by atoms with Gasteiger partial charge in [-0.05, 0) is 36.6 Å². The number of hydrogen-bond donors (Lipinski definition) is 2. The third-order valence-electron chi connectivity index (χ3n) is 5.51. The van der Waals surface area contributed by atoms with Gasteiger partial charge in [0.2, 0.25) is 5.91 Å². The quantitative estimate of drug-likeness (QED) is 0.366. The van der Waals surface area contributed by atoms with Crippen LogP contribution in [-0.2, 0) is 27.3 Å². The van der Waals surface area contributed by atoms with Gasteiger partial charge in [-0.3, -0.25) is 19.8 Å². The molecule has 35 heavy (non-hydrogen) atoms. The first-order chi connectivity index (χ1) is 16.8. The number of amides is 4. The molecule has 1 saturated heterocycles. The number of imide groups is 1. The number of ether oxygens (including phenoxy) is 1. The Morgan fingerprint density at radius 3 is 2.43 bits per heavy atom. The maximum atomic E-state index is 12.5. The van der Waals surface area contributed by atoms with Gasteiger partial charge in [0.15, 0.2) is 11.2 Å². The van der Waals surface area contributed by atoms with Gasteiger partial charge < -0.3 is 10.1 Å². The van der Waals surface area contributed by atoms with E-state index in [9.17, 15) is 19.2 Å². The summed E-state index contributed by atoms with van der Waals surface area (Å²) in [7, 11) is 0. The molecule has 10 heteroatoms. The molecule has 1 aromatic heterocycles. The molecule has 1 unspecified atom stereocenters. The average Bonchev–Trinajstić information content (AvgIpc) is 3.46. The molecule has 0 saturated carbocycles. The van der Waals surface area contributed by atoms with Gasteiger partial charge in [-0.2, -0.15) is 0 Å². The van der Waals surface area contributed by atoms with E-state index < -0.39 is 24.0 Å². The summed E-state index contributed by atoms with van der Waals surface area (Å²) in [5.74, 6) is -1.46. The summed E-state index contributed by atoms with van der Waals surface area (Å²) in [6, 6.07) is 13.9. The molecule has 2 heterocycles. The van der Waals surface area contributed by atoms with E-state index in [0.717, 1.165) is 22.6 Å². The molecule has 0 aliphatic carbocycles. The first kappa shape index (κ1) is 24.1. The van der Waals surface area contributed by atoms with Crippen molar-refractivity contribution in [1.29, 1.82) is 0 Å². The molecule has 1 fully saturated rings. The summed E-state index contributed by atoms with van der Waals surface area (Å²) >= 11 is 1.29. The highest BCUT2D eigenvalue weighted by molar-refractivity contribution is 7.14.